The van der Waals surface area contributed by atoms with E-state index in [9.17, 15) is 28.0 Å². The highest BCUT2D eigenvalue weighted by Gasteiger charge is 2.34. The molecule has 4 amide bonds. The predicted molar refractivity (Wildman–Crippen MR) is 127 cm³/mol. The molecule has 12 nitrogen and oxygen atoms in total. The van der Waals surface area contributed by atoms with Crippen LogP contribution in [0.15, 0.2) is 12.1 Å². The number of alkyl carbamates (subject to hydrolysis) is 1. The highest BCUT2D eigenvalue weighted by atomic mass is 19.3. The van der Waals surface area contributed by atoms with Crippen LogP contribution in [0, 0.1) is 11.6 Å². The zero-order chi connectivity index (χ0) is 28.9. The molecule has 2 fully saturated rings. The Morgan fingerprint density at radius 2 is 1.77 bits per heavy atom. The van der Waals surface area contributed by atoms with Gasteiger partial charge in [0.1, 0.15) is 23.9 Å². The standard InChI is InChI=1S/C23H29F4N5O7/c1-23(2,3)39-21(35)29-11-17(33)32-5-4-30(6-7-37-32)18-15(24)8-13(9-16(18)25)31-12-14(38-22(31)36)10-28-20(34)19(26)27/h8-9,14,19H,4-7,10-12H2,1-3H3,(H,28,34)(H,29,35)/t14-/m0/s1. The van der Waals surface area contributed by atoms with Gasteiger partial charge < -0.3 is 25.0 Å². The molecule has 2 heterocycles. The molecule has 2 N–H and O–H groups in total. The van der Waals surface area contributed by atoms with Gasteiger partial charge in [-0.2, -0.15) is 8.78 Å². The highest BCUT2D eigenvalue weighted by molar-refractivity contribution is 5.90. The fourth-order valence-electron chi connectivity index (χ4n) is 3.76. The van der Waals surface area contributed by atoms with Gasteiger partial charge in [0.25, 0.3) is 11.8 Å². The Morgan fingerprint density at radius 1 is 1.10 bits per heavy atom. The van der Waals surface area contributed by atoms with E-state index in [0.717, 1.165) is 22.1 Å². The molecule has 39 heavy (non-hydrogen) atoms. The molecule has 2 aliphatic rings. The quantitative estimate of drug-likeness (QED) is 0.481. The second-order valence-corrected chi connectivity index (χ2v) is 9.59. The van der Waals surface area contributed by atoms with Crippen LogP contribution < -0.4 is 20.4 Å². The van der Waals surface area contributed by atoms with Crippen molar-refractivity contribution in [3.05, 3.63) is 23.8 Å². The Balaban J connectivity index is 1.60. The Morgan fingerprint density at radius 3 is 2.38 bits per heavy atom. The Kier molecular flexibility index (Phi) is 9.42. The molecule has 0 aliphatic carbocycles. The number of carbonyl (C=O) groups is 4. The zero-order valence-corrected chi connectivity index (χ0v) is 21.5. The largest absolute Gasteiger partial charge is 0.444 e. The minimum Gasteiger partial charge on any atom is -0.444 e. The summed E-state index contributed by atoms with van der Waals surface area (Å²) in [6, 6.07) is 1.83. The number of alkyl halides is 2. The number of rotatable bonds is 7. The average molecular weight is 564 g/mol. The van der Waals surface area contributed by atoms with Crippen LogP contribution in [0.1, 0.15) is 20.8 Å². The molecule has 0 radical (unpaired) electrons. The minimum absolute atomic E-state index is 0.0109. The topological polar surface area (TPSA) is 130 Å². The molecular formula is C23H29F4N5O7. The van der Waals surface area contributed by atoms with Gasteiger partial charge in [0.05, 0.1) is 31.9 Å². The van der Waals surface area contributed by atoms with Crippen LogP contribution in [0.4, 0.5) is 38.5 Å². The SMILES string of the molecule is CC(C)(C)OC(=O)NCC(=O)N1CCN(c2c(F)cc(N3C[C@H](CNC(=O)C(F)F)OC3=O)cc2F)CCO1. The molecule has 3 rings (SSSR count). The number of nitrogens with zero attached hydrogens (tertiary/aromatic N) is 3. The Labute approximate surface area is 221 Å². The Hall–Kier alpha value is -3.82. The normalized spacial score (nSPS) is 18.1. The number of carbonyl (C=O) groups excluding carboxylic acids is 4. The summed E-state index contributed by atoms with van der Waals surface area (Å²) in [6.45, 7) is 3.81. The molecule has 0 bridgehead atoms. The summed E-state index contributed by atoms with van der Waals surface area (Å²) in [4.78, 5) is 55.0. The van der Waals surface area contributed by atoms with E-state index >= 15 is 8.78 Å². The molecule has 0 spiro atoms. The van der Waals surface area contributed by atoms with E-state index in [0.29, 0.717) is 0 Å². The molecule has 1 aromatic rings. The van der Waals surface area contributed by atoms with Gasteiger partial charge in [-0.3, -0.25) is 19.3 Å². The smallest absolute Gasteiger partial charge is 0.414 e. The van der Waals surface area contributed by atoms with Crippen molar-refractivity contribution >= 4 is 35.4 Å². The molecule has 0 aromatic heterocycles. The van der Waals surface area contributed by atoms with E-state index in [2.05, 4.69) is 5.32 Å². The molecule has 1 aromatic carbocycles. The lowest BCUT2D eigenvalue weighted by Gasteiger charge is -2.24. The maximum atomic E-state index is 15.1. The predicted octanol–water partition coefficient (Wildman–Crippen LogP) is 1.78. The number of hydrogen-bond donors (Lipinski definition) is 2. The van der Waals surface area contributed by atoms with Gasteiger partial charge in [0.2, 0.25) is 0 Å². The number of hydroxylamine groups is 2. The first-order valence-corrected chi connectivity index (χ1v) is 11.9. The third-order valence-electron chi connectivity index (χ3n) is 5.45. The molecule has 216 valence electrons. The van der Waals surface area contributed by atoms with Crippen molar-refractivity contribution in [2.24, 2.45) is 0 Å². The van der Waals surface area contributed by atoms with E-state index in [4.69, 9.17) is 14.3 Å². The highest BCUT2D eigenvalue weighted by Crippen LogP contribution is 2.31. The first-order valence-electron chi connectivity index (χ1n) is 11.9. The third kappa shape index (κ3) is 8.08. The number of benzene rings is 1. The molecule has 2 saturated heterocycles. The van der Waals surface area contributed by atoms with Crippen molar-refractivity contribution in [1.82, 2.24) is 15.7 Å². The lowest BCUT2D eigenvalue weighted by Crippen LogP contribution is -2.43. The van der Waals surface area contributed by atoms with Crippen LogP contribution >= 0.6 is 0 Å². The lowest BCUT2D eigenvalue weighted by atomic mass is 10.2. The van der Waals surface area contributed by atoms with Gasteiger partial charge in [-0.25, -0.2) is 23.4 Å². The van der Waals surface area contributed by atoms with Crippen LogP contribution in [-0.2, 0) is 23.9 Å². The first-order chi connectivity index (χ1) is 18.2. The maximum Gasteiger partial charge on any atom is 0.414 e. The van der Waals surface area contributed by atoms with Crippen LogP contribution in [0.3, 0.4) is 0 Å². The Bertz CT molecular complexity index is 1080. The fraction of sp³-hybridized carbons (Fsp3) is 0.565. The summed E-state index contributed by atoms with van der Waals surface area (Å²) in [7, 11) is 0. The van der Waals surface area contributed by atoms with E-state index in [-0.39, 0.29) is 38.5 Å². The molecule has 1 atom stereocenters. The monoisotopic (exact) mass is 563 g/mol. The van der Waals surface area contributed by atoms with Crippen LogP contribution in [0.5, 0.6) is 0 Å². The summed E-state index contributed by atoms with van der Waals surface area (Å²) < 4.78 is 64.8. The van der Waals surface area contributed by atoms with Crippen LogP contribution in [0.2, 0.25) is 0 Å². The molecular weight excluding hydrogens is 534 g/mol. The van der Waals surface area contributed by atoms with Crippen molar-refractivity contribution in [3.63, 3.8) is 0 Å². The van der Waals surface area contributed by atoms with E-state index in [1.54, 1.807) is 20.8 Å². The van der Waals surface area contributed by atoms with Gasteiger partial charge in [0, 0.05) is 25.2 Å². The summed E-state index contributed by atoms with van der Waals surface area (Å²) in [5.41, 5.74) is -1.32. The number of anilines is 2. The molecule has 0 unspecified atom stereocenters. The van der Waals surface area contributed by atoms with E-state index < -0.39 is 72.5 Å². The van der Waals surface area contributed by atoms with E-state index in [1.165, 1.54) is 4.90 Å². The molecule has 2 aliphatic heterocycles. The average Bonchev–Trinajstić information content (AvgIpc) is 3.04. The van der Waals surface area contributed by atoms with Crippen molar-refractivity contribution < 1.29 is 51.1 Å². The van der Waals surface area contributed by atoms with Gasteiger partial charge in [0.15, 0.2) is 11.6 Å². The van der Waals surface area contributed by atoms with Gasteiger partial charge in [-0.1, -0.05) is 0 Å². The van der Waals surface area contributed by atoms with Crippen molar-refractivity contribution in [2.75, 3.05) is 55.7 Å². The number of halogens is 4. The fourth-order valence-corrected chi connectivity index (χ4v) is 3.76. The number of nitrogens with one attached hydrogen (secondary N) is 2. The third-order valence-corrected chi connectivity index (χ3v) is 5.45. The second-order valence-electron chi connectivity index (χ2n) is 9.59. The lowest BCUT2D eigenvalue weighted by molar-refractivity contribution is -0.180. The van der Waals surface area contributed by atoms with Gasteiger partial charge >= 0.3 is 18.6 Å². The summed E-state index contributed by atoms with van der Waals surface area (Å²) in [5.74, 6) is -4.13. The number of amides is 4. The molecule has 16 heteroatoms. The maximum absolute atomic E-state index is 15.1. The summed E-state index contributed by atoms with van der Waals surface area (Å²) in [6.07, 6.45) is -5.99. The number of ether oxygens (including phenoxy) is 2. The first kappa shape index (κ1) is 29.7. The number of hydrogen-bond acceptors (Lipinski definition) is 8. The van der Waals surface area contributed by atoms with Crippen molar-refractivity contribution in [2.45, 2.75) is 38.9 Å². The summed E-state index contributed by atoms with van der Waals surface area (Å²) in [5, 5.41) is 5.21. The molecule has 0 saturated carbocycles. The van der Waals surface area contributed by atoms with Crippen molar-refractivity contribution in [1.29, 1.82) is 0 Å². The van der Waals surface area contributed by atoms with E-state index in [1.807, 2.05) is 5.32 Å². The second kappa shape index (κ2) is 12.4. The van der Waals surface area contributed by atoms with Gasteiger partial charge in [-0.15, -0.1) is 0 Å². The summed E-state index contributed by atoms with van der Waals surface area (Å²) >= 11 is 0. The van der Waals surface area contributed by atoms with Gasteiger partial charge in [-0.05, 0) is 20.8 Å². The van der Waals surface area contributed by atoms with Crippen molar-refractivity contribution in [3.8, 4) is 0 Å². The number of cyclic esters (lactones) is 1. The van der Waals surface area contributed by atoms with Crippen LogP contribution in [-0.4, -0.2) is 93.1 Å². The van der Waals surface area contributed by atoms with Crippen LogP contribution in [0.25, 0.3) is 0 Å². The zero-order valence-electron chi connectivity index (χ0n) is 21.5. The minimum atomic E-state index is -3.24.